The van der Waals surface area contributed by atoms with E-state index in [4.69, 9.17) is 26.1 Å². The Morgan fingerprint density at radius 1 is 1.10 bits per heavy atom. The van der Waals surface area contributed by atoms with Crippen LogP contribution in [0.2, 0.25) is 5.02 Å². The molecule has 2 aliphatic rings. The maximum Gasteiger partial charge on any atom is 0.131 e. The fourth-order valence-electron chi connectivity index (χ4n) is 5.80. The van der Waals surface area contributed by atoms with E-state index in [1.54, 1.807) is 12.1 Å². The molecule has 1 atom stereocenters. The number of aryl methyl sites for hydroxylation is 1. The summed E-state index contributed by atoms with van der Waals surface area (Å²) in [6, 6.07) is 19.4. The molecule has 0 amide bonds. The molecule has 2 aliphatic heterocycles. The summed E-state index contributed by atoms with van der Waals surface area (Å²) in [5, 5.41) is 0.387. The molecule has 0 unspecified atom stereocenters. The van der Waals surface area contributed by atoms with Gasteiger partial charge in [0.15, 0.2) is 0 Å². The highest BCUT2D eigenvalue weighted by Crippen LogP contribution is 2.40. The Bertz CT molecular complexity index is 1470. The molecule has 7 heteroatoms. The molecule has 3 heterocycles. The Morgan fingerprint density at radius 2 is 1.90 bits per heavy atom. The lowest BCUT2D eigenvalue weighted by Gasteiger charge is -2.40. The molecule has 2 saturated heterocycles. The van der Waals surface area contributed by atoms with Crippen molar-refractivity contribution < 1.29 is 13.9 Å². The molecule has 3 aromatic carbocycles. The fourth-order valence-corrected chi connectivity index (χ4v) is 5.96. The number of imidazole rings is 1. The number of likely N-dealkylation sites (tertiary alicyclic amines) is 1. The molecule has 5 nitrogen and oxygen atoms in total. The van der Waals surface area contributed by atoms with Crippen molar-refractivity contribution in [1.29, 1.82) is 0 Å². The second-order valence-corrected chi connectivity index (χ2v) is 11.7. The van der Waals surface area contributed by atoms with Gasteiger partial charge in [0.25, 0.3) is 0 Å². The van der Waals surface area contributed by atoms with Gasteiger partial charge in [0.2, 0.25) is 0 Å². The van der Waals surface area contributed by atoms with Crippen LogP contribution >= 0.6 is 11.6 Å². The smallest absolute Gasteiger partial charge is 0.131 e. The van der Waals surface area contributed by atoms with E-state index >= 15 is 0 Å². The van der Waals surface area contributed by atoms with Crippen molar-refractivity contribution >= 4 is 22.6 Å². The van der Waals surface area contributed by atoms with Crippen LogP contribution in [-0.4, -0.2) is 40.3 Å². The second-order valence-electron chi connectivity index (χ2n) is 11.3. The summed E-state index contributed by atoms with van der Waals surface area (Å²) in [5.41, 5.74) is 5.16. The van der Waals surface area contributed by atoms with E-state index in [1.807, 2.05) is 12.1 Å². The topological polar surface area (TPSA) is 39.5 Å². The number of halogens is 2. The predicted molar refractivity (Wildman–Crippen MR) is 153 cm³/mol. The van der Waals surface area contributed by atoms with Crippen LogP contribution < -0.4 is 4.74 Å². The maximum atomic E-state index is 14.3. The number of ether oxygens (including phenoxy) is 2. The van der Waals surface area contributed by atoms with Crippen LogP contribution in [0.5, 0.6) is 5.75 Å². The van der Waals surface area contributed by atoms with E-state index in [1.165, 1.54) is 22.7 Å². The number of para-hydroxylation sites is 1. The number of fused-ring (bicyclic) bond motifs is 1. The molecule has 0 saturated carbocycles. The van der Waals surface area contributed by atoms with Crippen LogP contribution in [0, 0.1) is 12.7 Å². The van der Waals surface area contributed by atoms with E-state index < -0.39 is 0 Å². The molecule has 0 radical (unpaired) electrons. The van der Waals surface area contributed by atoms with Gasteiger partial charge in [-0.1, -0.05) is 48.9 Å². The van der Waals surface area contributed by atoms with Gasteiger partial charge < -0.3 is 14.0 Å². The summed E-state index contributed by atoms with van der Waals surface area (Å²) in [7, 11) is 0. The molecule has 4 aromatic rings. The SMILES string of the molecule is Cc1ccc2nc(CN3CCC(C)(c4ccccc4OCc4ccc(Cl)cc4F)CC3)n(C[C@@H]3CCO3)c2c1. The Morgan fingerprint density at radius 3 is 2.64 bits per heavy atom. The van der Waals surface area contributed by atoms with Gasteiger partial charge in [-0.15, -0.1) is 0 Å². The van der Waals surface area contributed by atoms with Crippen LogP contribution in [0.15, 0.2) is 60.7 Å². The average Bonchev–Trinajstić information content (AvgIpc) is 3.23. The summed E-state index contributed by atoms with van der Waals surface area (Å²) in [5.74, 6) is 1.59. The minimum atomic E-state index is -0.343. The van der Waals surface area contributed by atoms with E-state index in [0.717, 1.165) is 69.1 Å². The summed E-state index contributed by atoms with van der Waals surface area (Å²) in [6.07, 6.45) is 3.41. The molecular formula is C32H35ClFN3O2. The highest BCUT2D eigenvalue weighted by molar-refractivity contribution is 6.30. The summed E-state index contributed by atoms with van der Waals surface area (Å²) >= 11 is 5.91. The van der Waals surface area contributed by atoms with Crippen molar-refractivity contribution in [1.82, 2.24) is 14.5 Å². The Balaban J connectivity index is 1.16. The highest BCUT2D eigenvalue weighted by atomic mass is 35.5. The van der Waals surface area contributed by atoms with Crippen LogP contribution in [0.25, 0.3) is 11.0 Å². The number of piperidine rings is 1. The first kappa shape index (κ1) is 26.3. The second kappa shape index (κ2) is 10.9. The van der Waals surface area contributed by atoms with Crippen LogP contribution in [0.3, 0.4) is 0 Å². The zero-order valence-corrected chi connectivity index (χ0v) is 23.4. The monoisotopic (exact) mass is 547 g/mol. The maximum absolute atomic E-state index is 14.3. The Hall–Kier alpha value is -2.93. The van der Waals surface area contributed by atoms with Gasteiger partial charge in [-0.25, -0.2) is 9.37 Å². The van der Waals surface area contributed by atoms with Gasteiger partial charge in [0.1, 0.15) is 24.0 Å². The molecule has 0 bridgehead atoms. The first-order chi connectivity index (χ1) is 18.9. The molecule has 204 valence electrons. The van der Waals surface area contributed by atoms with Crippen molar-refractivity contribution in [2.24, 2.45) is 0 Å². The average molecular weight is 548 g/mol. The molecule has 0 aliphatic carbocycles. The third-order valence-corrected chi connectivity index (χ3v) is 8.66. The summed E-state index contributed by atoms with van der Waals surface area (Å²) in [4.78, 5) is 7.55. The van der Waals surface area contributed by atoms with Crippen molar-refractivity contribution in [2.75, 3.05) is 19.7 Å². The molecular weight excluding hydrogens is 513 g/mol. The third-order valence-electron chi connectivity index (χ3n) is 8.42. The zero-order chi connectivity index (χ0) is 27.0. The number of aromatic nitrogens is 2. The number of rotatable bonds is 8. The quantitative estimate of drug-likeness (QED) is 0.237. The van der Waals surface area contributed by atoms with Gasteiger partial charge in [0, 0.05) is 22.8 Å². The number of hydrogen-bond donors (Lipinski definition) is 0. The lowest BCUT2D eigenvalue weighted by Crippen LogP contribution is -2.41. The largest absolute Gasteiger partial charge is 0.488 e. The van der Waals surface area contributed by atoms with Gasteiger partial charge in [-0.3, -0.25) is 4.90 Å². The molecule has 1 aromatic heterocycles. The van der Waals surface area contributed by atoms with Gasteiger partial charge in [-0.05, 0) is 80.6 Å². The first-order valence-corrected chi connectivity index (χ1v) is 14.2. The zero-order valence-electron chi connectivity index (χ0n) is 22.6. The molecule has 39 heavy (non-hydrogen) atoms. The fraction of sp³-hybridized carbons (Fsp3) is 0.406. The van der Waals surface area contributed by atoms with Gasteiger partial charge >= 0.3 is 0 Å². The summed E-state index contributed by atoms with van der Waals surface area (Å²) < 4.78 is 28.7. The van der Waals surface area contributed by atoms with Crippen LogP contribution in [0.4, 0.5) is 4.39 Å². The van der Waals surface area contributed by atoms with Gasteiger partial charge in [-0.2, -0.15) is 0 Å². The minimum absolute atomic E-state index is 0.0251. The number of hydrogen-bond acceptors (Lipinski definition) is 4. The van der Waals surface area contributed by atoms with Crippen molar-refractivity contribution in [3.8, 4) is 5.75 Å². The summed E-state index contributed by atoms with van der Waals surface area (Å²) in [6.45, 7) is 9.11. The predicted octanol–water partition coefficient (Wildman–Crippen LogP) is 7.06. The first-order valence-electron chi connectivity index (χ1n) is 13.8. The van der Waals surface area contributed by atoms with Gasteiger partial charge in [0.05, 0.1) is 30.2 Å². The van der Waals surface area contributed by atoms with E-state index in [9.17, 15) is 4.39 Å². The van der Waals surface area contributed by atoms with Crippen LogP contribution in [0.1, 0.15) is 48.7 Å². The molecule has 0 spiro atoms. The van der Waals surface area contributed by atoms with Crippen molar-refractivity contribution in [2.45, 2.75) is 64.3 Å². The standard InChI is InChI=1S/C32H35ClFN3O2/c1-22-7-10-28-29(17-22)37(19-25-11-16-38-25)31(35-28)20-36-14-12-32(2,13-15-36)26-5-3-4-6-30(26)39-21-23-8-9-24(33)18-27(23)34/h3-10,17-18,25H,11-16,19-21H2,1-2H3/t25-/m0/s1. The number of nitrogens with zero attached hydrogens (tertiary/aromatic N) is 3. The van der Waals surface area contributed by atoms with E-state index in [0.29, 0.717) is 10.6 Å². The molecule has 0 N–H and O–H groups in total. The number of benzene rings is 3. The van der Waals surface area contributed by atoms with E-state index in [2.05, 4.69) is 53.6 Å². The minimum Gasteiger partial charge on any atom is -0.488 e. The Labute approximate surface area is 234 Å². The van der Waals surface area contributed by atoms with E-state index in [-0.39, 0.29) is 23.9 Å². The highest BCUT2D eigenvalue weighted by Gasteiger charge is 2.34. The van der Waals surface area contributed by atoms with Crippen molar-refractivity contribution in [3.63, 3.8) is 0 Å². The molecule has 6 rings (SSSR count). The normalized spacial score (nSPS) is 19.2. The lowest BCUT2D eigenvalue weighted by atomic mass is 9.74. The third kappa shape index (κ3) is 5.56. The Kier molecular flexibility index (Phi) is 7.36. The van der Waals surface area contributed by atoms with Crippen LogP contribution in [-0.2, 0) is 29.8 Å². The van der Waals surface area contributed by atoms with Crippen molar-refractivity contribution in [3.05, 3.63) is 94.0 Å². The molecule has 2 fully saturated rings. The lowest BCUT2D eigenvalue weighted by molar-refractivity contribution is -0.0592.